The van der Waals surface area contributed by atoms with E-state index in [-0.39, 0.29) is 11.9 Å². The molecule has 0 saturated carbocycles. The molecule has 5 nitrogen and oxygen atoms in total. The van der Waals surface area contributed by atoms with Crippen molar-refractivity contribution >= 4 is 5.91 Å². The Morgan fingerprint density at radius 2 is 2.53 bits per heavy atom. The highest BCUT2D eigenvalue weighted by molar-refractivity contribution is 5.96. The van der Waals surface area contributed by atoms with E-state index >= 15 is 0 Å². The van der Waals surface area contributed by atoms with Gasteiger partial charge in [-0.05, 0) is 31.5 Å². The number of aromatic nitrogens is 1. The lowest BCUT2D eigenvalue weighted by Crippen LogP contribution is -2.45. The summed E-state index contributed by atoms with van der Waals surface area (Å²) in [7, 11) is 1.52. The molecule has 17 heavy (non-hydrogen) atoms. The molecule has 0 aliphatic carbocycles. The van der Waals surface area contributed by atoms with Crippen LogP contribution in [0.3, 0.4) is 0 Å². The van der Waals surface area contributed by atoms with E-state index in [0.29, 0.717) is 11.4 Å². The molecule has 1 aliphatic heterocycles. The largest absolute Gasteiger partial charge is 0.480 e. The van der Waals surface area contributed by atoms with Crippen molar-refractivity contribution in [3.05, 3.63) is 23.9 Å². The van der Waals surface area contributed by atoms with Crippen LogP contribution in [0.5, 0.6) is 5.88 Å². The zero-order valence-corrected chi connectivity index (χ0v) is 9.90. The highest BCUT2D eigenvalue weighted by Gasteiger charge is 2.18. The summed E-state index contributed by atoms with van der Waals surface area (Å²) < 4.78 is 5.07. The molecule has 1 aromatic heterocycles. The maximum absolute atomic E-state index is 12.0. The topological polar surface area (TPSA) is 63.2 Å². The van der Waals surface area contributed by atoms with Crippen molar-refractivity contribution < 1.29 is 9.53 Å². The van der Waals surface area contributed by atoms with Gasteiger partial charge in [-0.25, -0.2) is 4.98 Å². The van der Waals surface area contributed by atoms with E-state index in [4.69, 9.17) is 4.74 Å². The quantitative estimate of drug-likeness (QED) is 0.804. The van der Waals surface area contributed by atoms with Gasteiger partial charge in [0.15, 0.2) is 0 Å². The number of rotatable bonds is 3. The van der Waals surface area contributed by atoms with Crippen LogP contribution in [0.2, 0.25) is 0 Å². The minimum absolute atomic E-state index is 0.122. The van der Waals surface area contributed by atoms with E-state index in [1.54, 1.807) is 18.3 Å². The molecule has 1 amide bonds. The summed E-state index contributed by atoms with van der Waals surface area (Å²) >= 11 is 0. The molecular formula is C12H17N3O2. The van der Waals surface area contributed by atoms with Crippen molar-refractivity contribution in [3.63, 3.8) is 0 Å². The molecule has 0 bridgehead atoms. The van der Waals surface area contributed by atoms with Gasteiger partial charge in [0.05, 0.1) is 7.11 Å². The molecule has 1 aliphatic rings. The first kappa shape index (κ1) is 11.9. The van der Waals surface area contributed by atoms with Crippen molar-refractivity contribution in [1.29, 1.82) is 0 Å². The molecule has 0 radical (unpaired) electrons. The number of piperidine rings is 1. The fourth-order valence-corrected chi connectivity index (χ4v) is 1.96. The molecular weight excluding hydrogens is 218 g/mol. The van der Waals surface area contributed by atoms with Crippen LogP contribution >= 0.6 is 0 Å². The Morgan fingerprint density at radius 1 is 1.65 bits per heavy atom. The van der Waals surface area contributed by atoms with Crippen LogP contribution in [-0.4, -0.2) is 37.1 Å². The van der Waals surface area contributed by atoms with Gasteiger partial charge >= 0.3 is 0 Å². The van der Waals surface area contributed by atoms with Gasteiger partial charge in [0, 0.05) is 18.8 Å². The number of amides is 1. The van der Waals surface area contributed by atoms with Crippen molar-refractivity contribution in [1.82, 2.24) is 15.6 Å². The van der Waals surface area contributed by atoms with E-state index in [9.17, 15) is 4.79 Å². The van der Waals surface area contributed by atoms with Crippen molar-refractivity contribution in [2.24, 2.45) is 0 Å². The van der Waals surface area contributed by atoms with E-state index < -0.39 is 0 Å². The third-order valence-corrected chi connectivity index (χ3v) is 2.84. The number of carbonyl (C=O) groups excluding carboxylic acids is 1. The fourth-order valence-electron chi connectivity index (χ4n) is 1.96. The highest BCUT2D eigenvalue weighted by Crippen LogP contribution is 2.14. The smallest absolute Gasteiger partial charge is 0.257 e. The Balaban J connectivity index is 2.03. The number of nitrogens with zero attached hydrogens (tertiary/aromatic N) is 1. The standard InChI is InChI=1S/C12H17N3O2/c1-17-12-10(5-3-7-14-12)11(16)15-9-4-2-6-13-8-9/h3,5,7,9,13H,2,4,6,8H2,1H3,(H,15,16). The van der Waals surface area contributed by atoms with E-state index in [0.717, 1.165) is 25.9 Å². The Kier molecular flexibility index (Phi) is 3.93. The van der Waals surface area contributed by atoms with Crippen molar-refractivity contribution in [3.8, 4) is 5.88 Å². The normalized spacial score (nSPS) is 19.7. The Bertz CT molecular complexity index is 389. The molecule has 1 unspecified atom stereocenters. The zero-order chi connectivity index (χ0) is 12.1. The monoisotopic (exact) mass is 235 g/mol. The molecule has 92 valence electrons. The van der Waals surface area contributed by atoms with E-state index in [2.05, 4.69) is 15.6 Å². The summed E-state index contributed by atoms with van der Waals surface area (Å²) in [5.41, 5.74) is 0.487. The third kappa shape index (κ3) is 2.94. The molecule has 2 heterocycles. The maximum Gasteiger partial charge on any atom is 0.257 e. The SMILES string of the molecule is COc1ncccc1C(=O)NC1CCCNC1. The van der Waals surface area contributed by atoms with Gasteiger partial charge in [-0.2, -0.15) is 0 Å². The Morgan fingerprint density at radius 3 is 3.24 bits per heavy atom. The van der Waals surface area contributed by atoms with Crippen molar-refractivity contribution in [2.75, 3.05) is 20.2 Å². The van der Waals surface area contributed by atoms with Gasteiger partial charge in [0.25, 0.3) is 5.91 Å². The summed E-state index contributed by atoms with van der Waals surface area (Å²) in [5.74, 6) is 0.248. The Hall–Kier alpha value is -1.62. The average molecular weight is 235 g/mol. The predicted molar refractivity (Wildman–Crippen MR) is 64.1 cm³/mol. The summed E-state index contributed by atoms with van der Waals surface area (Å²) in [4.78, 5) is 16.0. The second-order valence-corrected chi connectivity index (χ2v) is 4.08. The lowest BCUT2D eigenvalue weighted by molar-refractivity contribution is 0.0927. The lowest BCUT2D eigenvalue weighted by atomic mass is 10.1. The van der Waals surface area contributed by atoms with Crippen LogP contribution in [0.1, 0.15) is 23.2 Å². The minimum atomic E-state index is -0.122. The summed E-state index contributed by atoms with van der Waals surface area (Å²) in [6, 6.07) is 3.65. The van der Waals surface area contributed by atoms with Gasteiger partial charge in [0.2, 0.25) is 5.88 Å². The number of hydrogen-bond acceptors (Lipinski definition) is 4. The van der Waals surface area contributed by atoms with Crippen LogP contribution in [0, 0.1) is 0 Å². The molecule has 1 fully saturated rings. The summed E-state index contributed by atoms with van der Waals surface area (Å²) in [5, 5.41) is 6.25. The van der Waals surface area contributed by atoms with Gasteiger partial charge in [-0.1, -0.05) is 0 Å². The van der Waals surface area contributed by atoms with Gasteiger partial charge in [-0.3, -0.25) is 4.79 Å². The lowest BCUT2D eigenvalue weighted by Gasteiger charge is -2.23. The highest BCUT2D eigenvalue weighted by atomic mass is 16.5. The molecule has 2 N–H and O–H groups in total. The third-order valence-electron chi connectivity index (χ3n) is 2.84. The predicted octanol–water partition coefficient (Wildman–Crippen LogP) is 0.572. The first-order valence-corrected chi connectivity index (χ1v) is 5.82. The number of hydrogen-bond donors (Lipinski definition) is 2. The number of pyridine rings is 1. The fraction of sp³-hybridized carbons (Fsp3) is 0.500. The molecule has 5 heteroatoms. The number of ether oxygens (including phenoxy) is 1. The minimum Gasteiger partial charge on any atom is -0.480 e. The van der Waals surface area contributed by atoms with Gasteiger partial charge < -0.3 is 15.4 Å². The molecule has 0 spiro atoms. The molecule has 1 aromatic rings. The second kappa shape index (κ2) is 5.63. The van der Waals surface area contributed by atoms with E-state index in [1.807, 2.05) is 0 Å². The zero-order valence-electron chi connectivity index (χ0n) is 9.90. The van der Waals surface area contributed by atoms with Crippen LogP contribution in [0.15, 0.2) is 18.3 Å². The van der Waals surface area contributed by atoms with E-state index in [1.165, 1.54) is 7.11 Å². The molecule has 1 atom stereocenters. The van der Waals surface area contributed by atoms with Crippen LogP contribution in [0.4, 0.5) is 0 Å². The number of nitrogens with one attached hydrogen (secondary N) is 2. The average Bonchev–Trinajstić information content (AvgIpc) is 2.40. The number of methoxy groups -OCH3 is 1. The molecule has 0 aromatic carbocycles. The first-order valence-electron chi connectivity index (χ1n) is 5.82. The van der Waals surface area contributed by atoms with Crippen LogP contribution in [0.25, 0.3) is 0 Å². The summed E-state index contributed by atoms with van der Waals surface area (Å²) in [6.45, 7) is 1.86. The maximum atomic E-state index is 12.0. The summed E-state index contributed by atoms with van der Waals surface area (Å²) in [6.07, 6.45) is 3.72. The molecule has 1 saturated heterocycles. The second-order valence-electron chi connectivity index (χ2n) is 4.08. The van der Waals surface area contributed by atoms with Gasteiger partial charge in [0.1, 0.15) is 5.56 Å². The van der Waals surface area contributed by atoms with Crippen LogP contribution in [-0.2, 0) is 0 Å². The van der Waals surface area contributed by atoms with Crippen LogP contribution < -0.4 is 15.4 Å². The Labute approximate surface area is 101 Å². The van der Waals surface area contributed by atoms with Gasteiger partial charge in [-0.15, -0.1) is 0 Å². The molecule has 2 rings (SSSR count). The number of carbonyl (C=O) groups is 1. The first-order chi connectivity index (χ1) is 8.31. The van der Waals surface area contributed by atoms with Crippen molar-refractivity contribution in [2.45, 2.75) is 18.9 Å².